The average molecular weight is 393 g/mol. The van der Waals surface area contributed by atoms with Crippen LogP contribution in [-0.4, -0.2) is 53.6 Å². The third-order valence-electron chi connectivity index (χ3n) is 5.11. The van der Waals surface area contributed by atoms with E-state index in [9.17, 15) is 4.79 Å². The molecule has 0 bridgehead atoms. The number of aromatic nitrogens is 2. The van der Waals surface area contributed by atoms with Crippen molar-refractivity contribution in [2.45, 2.75) is 66.0 Å². The molecule has 2 rings (SSSR count). The van der Waals surface area contributed by atoms with Gasteiger partial charge in [0.05, 0.1) is 24.9 Å². The van der Waals surface area contributed by atoms with Crippen LogP contribution < -0.4 is 16.0 Å². The van der Waals surface area contributed by atoms with E-state index in [-0.39, 0.29) is 18.2 Å². The smallest absolute Gasteiger partial charge is 0.407 e. The number of carbonyl (C=O) groups is 1. The molecule has 8 nitrogen and oxygen atoms in total. The maximum absolute atomic E-state index is 11.8. The van der Waals surface area contributed by atoms with Crippen LogP contribution >= 0.6 is 0 Å². The molecule has 1 saturated carbocycles. The van der Waals surface area contributed by atoms with Gasteiger partial charge < -0.3 is 20.7 Å². The number of ether oxygens (including phenoxy) is 1. The molecule has 3 N–H and O–H groups in total. The van der Waals surface area contributed by atoms with Crippen LogP contribution in [0.1, 0.15) is 50.6 Å². The summed E-state index contributed by atoms with van der Waals surface area (Å²) in [6.07, 6.45) is 2.78. The summed E-state index contributed by atoms with van der Waals surface area (Å²) >= 11 is 0. The number of guanidine groups is 1. The number of aliphatic imine (C=N–C) groups is 1. The largest absolute Gasteiger partial charge is 0.450 e. The number of carbonyl (C=O) groups excluding carboxylic acids is 1. The van der Waals surface area contributed by atoms with E-state index in [1.54, 1.807) is 0 Å². The van der Waals surface area contributed by atoms with Crippen molar-refractivity contribution in [2.75, 3.05) is 19.7 Å². The number of amides is 1. The molecule has 0 aromatic carbocycles. The molecular formula is C20H36N6O2. The summed E-state index contributed by atoms with van der Waals surface area (Å²) in [5.74, 6) is 1.26. The Morgan fingerprint density at radius 3 is 2.57 bits per heavy atom. The zero-order valence-electron chi connectivity index (χ0n) is 18.1. The third-order valence-corrected chi connectivity index (χ3v) is 5.11. The molecule has 158 valence electrons. The first kappa shape index (κ1) is 22.0. The summed E-state index contributed by atoms with van der Waals surface area (Å²) in [5.41, 5.74) is 3.54. The minimum Gasteiger partial charge on any atom is -0.450 e. The van der Waals surface area contributed by atoms with E-state index in [1.807, 2.05) is 25.6 Å². The normalized spacial score (nSPS) is 16.4. The van der Waals surface area contributed by atoms with E-state index in [0.717, 1.165) is 37.5 Å². The minimum absolute atomic E-state index is 0.0209. The molecule has 1 aromatic heterocycles. The molecule has 8 heteroatoms. The highest BCUT2D eigenvalue weighted by Gasteiger charge is 2.32. The molecule has 1 amide bonds. The molecule has 1 aromatic rings. The van der Waals surface area contributed by atoms with Crippen molar-refractivity contribution in [1.29, 1.82) is 0 Å². The van der Waals surface area contributed by atoms with Crippen molar-refractivity contribution in [1.82, 2.24) is 25.7 Å². The Labute approximate surface area is 168 Å². The van der Waals surface area contributed by atoms with Crippen molar-refractivity contribution >= 4 is 12.1 Å². The molecule has 0 radical (unpaired) electrons. The molecule has 1 heterocycles. The summed E-state index contributed by atoms with van der Waals surface area (Å²) in [6.45, 7) is 11.9. The van der Waals surface area contributed by atoms with Crippen LogP contribution in [-0.2, 0) is 18.2 Å². The molecule has 0 aliphatic heterocycles. The number of rotatable bonds is 9. The first-order valence-corrected chi connectivity index (χ1v) is 10.3. The van der Waals surface area contributed by atoms with Gasteiger partial charge in [-0.1, -0.05) is 0 Å². The van der Waals surface area contributed by atoms with Crippen molar-refractivity contribution < 1.29 is 9.53 Å². The van der Waals surface area contributed by atoms with Crippen molar-refractivity contribution in [3.05, 3.63) is 17.0 Å². The van der Waals surface area contributed by atoms with Gasteiger partial charge in [0, 0.05) is 25.3 Å². The van der Waals surface area contributed by atoms with Crippen molar-refractivity contribution in [3.8, 4) is 0 Å². The fraction of sp³-hybridized carbons (Fsp3) is 0.750. The molecule has 1 aliphatic rings. The zero-order chi connectivity index (χ0) is 20.7. The lowest BCUT2D eigenvalue weighted by atomic mass is 10.1. The average Bonchev–Trinajstić information content (AvgIpc) is 3.44. The van der Waals surface area contributed by atoms with Gasteiger partial charge >= 0.3 is 6.09 Å². The summed E-state index contributed by atoms with van der Waals surface area (Å²) in [5, 5.41) is 14.2. The maximum Gasteiger partial charge on any atom is 0.407 e. The molecule has 2 unspecified atom stereocenters. The summed E-state index contributed by atoms with van der Waals surface area (Å²) in [7, 11) is 1.98. The van der Waals surface area contributed by atoms with Gasteiger partial charge in [-0.3, -0.25) is 9.67 Å². The molecule has 1 fully saturated rings. The highest BCUT2D eigenvalue weighted by molar-refractivity contribution is 5.80. The lowest BCUT2D eigenvalue weighted by Gasteiger charge is -2.20. The fourth-order valence-corrected chi connectivity index (χ4v) is 3.35. The van der Waals surface area contributed by atoms with Crippen LogP contribution in [0, 0.1) is 19.8 Å². The van der Waals surface area contributed by atoms with Gasteiger partial charge in [-0.15, -0.1) is 0 Å². The molecule has 1 aliphatic carbocycles. The molecule has 28 heavy (non-hydrogen) atoms. The molecule has 2 atom stereocenters. The van der Waals surface area contributed by atoms with E-state index >= 15 is 0 Å². The monoisotopic (exact) mass is 392 g/mol. The summed E-state index contributed by atoms with van der Waals surface area (Å²) < 4.78 is 6.95. The van der Waals surface area contributed by atoms with E-state index in [4.69, 9.17) is 9.73 Å². The number of nitrogens with one attached hydrogen (secondary N) is 3. The van der Waals surface area contributed by atoms with Crippen LogP contribution in [0.5, 0.6) is 0 Å². The SMILES string of the molecule is CCNC(=NCC(NC(=O)OCC)C1CC1)NC(C)Cc1c(C)nn(C)c1C. The zero-order valence-corrected chi connectivity index (χ0v) is 18.1. The van der Waals surface area contributed by atoms with Gasteiger partial charge in [0.25, 0.3) is 0 Å². The second-order valence-corrected chi connectivity index (χ2v) is 7.55. The van der Waals surface area contributed by atoms with E-state index in [1.165, 1.54) is 11.3 Å². The number of nitrogens with zero attached hydrogens (tertiary/aromatic N) is 3. The standard InChI is InChI=1S/C20H36N6O2/c1-7-21-19(22-12-18(16-9-10-16)24-20(27)28-8-2)23-13(3)11-17-14(4)25-26(6)15(17)5/h13,16,18H,7-12H2,1-6H3,(H,24,27)(H2,21,22,23). The fourth-order valence-electron chi connectivity index (χ4n) is 3.35. The van der Waals surface area contributed by atoms with Gasteiger partial charge in [-0.05, 0) is 65.4 Å². The van der Waals surface area contributed by atoms with Gasteiger partial charge in [0.2, 0.25) is 0 Å². The van der Waals surface area contributed by atoms with Gasteiger partial charge in [0.15, 0.2) is 5.96 Å². The summed E-state index contributed by atoms with van der Waals surface area (Å²) in [4.78, 5) is 16.5. The molecular weight excluding hydrogens is 356 g/mol. The van der Waals surface area contributed by atoms with Crippen LogP contribution in [0.25, 0.3) is 0 Å². The third kappa shape index (κ3) is 6.42. The van der Waals surface area contributed by atoms with Gasteiger partial charge in [-0.2, -0.15) is 5.10 Å². The molecule has 0 saturated heterocycles. The Kier molecular flexibility index (Phi) is 8.14. The van der Waals surface area contributed by atoms with E-state index in [2.05, 4.69) is 41.8 Å². The summed E-state index contributed by atoms with van der Waals surface area (Å²) in [6, 6.07) is 0.226. The van der Waals surface area contributed by atoms with Crippen LogP contribution in [0.3, 0.4) is 0 Å². The quantitative estimate of drug-likeness (QED) is 0.442. The van der Waals surface area contributed by atoms with Crippen molar-refractivity contribution in [3.63, 3.8) is 0 Å². The second-order valence-electron chi connectivity index (χ2n) is 7.55. The topological polar surface area (TPSA) is 92.6 Å². The number of aryl methyl sites for hydroxylation is 2. The Bertz CT molecular complexity index is 680. The number of alkyl carbamates (subject to hydrolysis) is 1. The number of hydrogen-bond donors (Lipinski definition) is 3. The van der Waals surface area contributed by atoms with E-state index in [0.29, 0.717) is 19.1 Å². The lowest BCUT2D eigenvalue weighted by Crippen LogP contribution is -2.45. The number of hydrogen-bond acceptors (Lipinski definition) is 4. The van der Waals surface area contributed by atoms with Crippen LogP contribution in [0.2, 0.25) is 0 Å². The Morgan fingerprint density at radius 1 is 1.32 bits per heavy atom. The highest BCUT2D eigenvalue weighted by atomic mass is 16.5. The molecule has 0 spiro atoms. The van der Waals surface area contributed by atoms with Gasteiger partial charge in [-0.25, -0.2) is 4.79 Å². The van der Waals surface area contributed by atoms with Gasteiger partial charge in [0.1, 0.15) is 0 Å². The van der Waals surface area contributed by atoms with Crippen LogP contribution in [0.4, 0.5) is 4.79 Å². The predicted octanol–water partition coefficient (Wildman–Crippen LogP) is 2.05. The second kappa shape index (κ2) is 10.3. The Hall–Kier alpha value is -2.25. The highest BCUT2D eigenvalue weighted by Crippen LogP contribution is 2.32. The van der Waals surface area contributed by atoms with E-state index < -0.39 is 0 Å². The first-order chi connectivity index (χ1) is 13.3. The predicted molar refractivity (Wildman–Crippen MR) is 112 cm³/mol. The Balaban J connectivity index is 1.97. The minimum atomic E-state index is -0.358. The lowest BCUT2D eigenvalue weighted by molar-refractivity contribution is 0.147. The maximum atomic E-state index is 11.8. The van der Waals surface area contributed by atoms with Crippen LogP contribution in [0.15, 0.2) is 4.99 Å². The van der Waals surface area contributed by atoms with Crippen molar-refractivity contribution in [2.24, 2.45) is 18.0 Å². The first-order valence-electron chi connectivity index (χ1n) is 10.3. The Morgan fingerprint density at radius 2 is 2.04 bits per heavy atom.